The zero-order chi connectivity index (χ0) is 10.3. The Balaban J connectivity index is 2.19. The summed E-state index contributed by atoms with van der Waals surface area (Å²) in [7, 11) is 0. The highest BCUT2D eigenvalue weighted by Crippen LogP contribution is 2.41. The second-order valence-corrected chi connectivity index (χ2v) is 4.73. The minimum atomic E-state index is -0.714. The summed E-state index contributed by atoms with van der Waals surface area (Å²) in [6.07, 6.45) is 2.75. The Kier molecular flexibility index (Phi) is 2.28. The smallest absolute Gasteiger partial charge is 0.0827 e. The first-order valence-corrected chi connectivity index (χ1v) is 5.20. The summed E-state index contributed by atoms with van der Waals surface area (Å²) in [5.74, 6) is 0.386. The Morgan fingerprint density at radius 2 is 2.21 bits per heavy atom. The van der Waals surface area contributed by atoms with Crippen LogP contribution in [0.15, 0.2) is 24.3 Å². The fraction of sp³-hybridized carbons (Fsp3) is 0.667. The van der Waals surface area contributed by atoms with Gasteiger partial charge in [0.05, 0.1) is 18.3 Å². The summed E-state index contributed by atoms with van der Waals surface area (Å²) >= 11 is 0. The fourth-order valence-electron chi connectivity index (χ4n) is 2.35. The van der Waals surface area contributed by atoms with Crippen molar-refractivity contribution in [2.24, 2.45) is 5.92 Å². The van der Waals surface area contributed by atoms with Crippen LogP contribution in [0, 0.1) is 5.92 Å². The minimum Gasteiger partial charge on any atom is -0.386 e. The van der Waals surface area contributed by atoms with Crippen molar-refractivity contribution >= 4 is 0 Å². The number of hydrogen-bond donors (Lipinski definition) is 1. The Morgan fingerprint density at radius 1 is 1.50 bits per heavy atom. The molecule has 2 fully saturated rings. The van der Waals surface area contributed by atoms with Crippen LogP contribution < -0.4 is 0 Å². The molecule has 14 heavy (non-hydrogen) atoms. The monoisotopic (exact) mass is 194 g/mol. The van der Waals surface area contributed by atoms with Gasteiger partial charge in [-0.3, -0.25) is 0 Å². The molecule has 1 heterocycles. The molecule has 1 N–H and O–H groups in total. The van der Waals surface area contributed by atoms with Crippen LogP contribution in [-0.4, -0.2) is 23.4 Å². The molecule has 3 atom stereocenters. The maximum absolute atomic E-state index is 10.1. The molecule has 0 aromatic carbocycles. The zero-order valence-electron chi connectivity index (χ0n) is 8.75. The van der Waals surface area contributed by atoms with Gasteiger partial charge in [-0.1, -0.05) is 13.2 Å². The molecule has 0 amide bonds. The van der Waals surface area contributed by atoms with Crippen LogP contribution in [0.5, 0.6) is 0 Å². The number of rotatable bonds is 0. The Morgan fingerprint density at radius 3 is 2.93 bits per heavy atom. The van der Waals surface area contributed by atoms with Crippen molar-refractivity contribution in [2.75, 3.05) is 6.61 Å². The molecule has 1 saturated heterocycles. The standard InChI is InChI=1S/C12H18O2/c1-8-7-14-11-4-5-12(3,13)9(2)6-10(8)11/h10-11,13H,1-2,4-7H2,3H3/t10-,11-,12?/m0/s1. The third-order valence-corrected chi connectivity index (χ3v) is 3.60. The molecule has 0 spiro atoms. The molecule has 0 aromatic rings. The molecule has 0 radical (unpaired) electrons. The van der Waals surface area contributed by atoms with Crippen molar-refractivity contribution in [1.29, 1.82) is 0 Å². The van der Waals surface area contributed by atoms with Crippen molar-refractivity contribution in [3.63, 3.8) is 0 Å². The van der Waals surface area contributed by atoms with E-state index >= 15 is 0 Å². The number of hydrogen-bond acceptors (Lipinski definition) is 2. The molecular formula is C12H18O2. The van der Waals surface area contributed by atoms with Gasteiger partial charge in [0.25, 0.3) is 0 Å². The molecule has 0 aromatic heterocycles. The second-order valence-electron chi connectivity index (χ2n) is 4.73. The third kappa shape index (κ3) is 1.53. The van der Waals surface area contributed by atoms with E-state index in [1.807, 2.05) is 6.92 Å². The lowest BCUT2D eigenvalue weighted by atomic mass is 9.88. The molecule has 2 heteroatoms. The third-order valence-electron chi connectivity index (χ3n) is 3.60. The van der Waals surface area contributed by atoms with Crippen LogP contribution >= 0.6 is 0 Å². The van der Waals surface area contributed by atoms with Gasteiger partial charge >= 0.3 is 0 Å². The molecular weight excluding hydrogens is 176 g/mol. The Hall–Kier alpha value is -0.600. The second kappa shape index (κ2) is 3.21. The van der Waals surface area contributed by atoms with Crippen molar-refractivity contribution < 1.29 is 9.84 Å². The zero-order valence-corrected chi connectivity index (χ0v) is 8.75. The van der Waals surface area contributed by atoms with E-state index in [9.17, 15) is 5.11 Å². The molecule has 1 aliphatic heterocycles. The van der Waals surface area contributed by atoms with E-state index in [0.29, 0.717) is 12.5 Å². The van der Waals surface area contributed by atoms with Gasteiger partial charge in [-0.25, -0.2) is 0 Å². The maximum atomic E-state index is 10.1. The molecule has 1 aliphatic carbocycles. The molecule has 1 unspecified atom stereocenters. The molecule has 0 bridgehead atoms. The molecule has 2 nitrogen and oxygen atoms in total. The van der Waals surface area contributed by atoms with E-state index < -0.39 is 5.60 Å². The summed E-state index contributed by atoms with van der Waals surface area (Å²) in [5, 5.41) is 10.1. The minimum absolute atomic E-state index is 0.258. The fourth-order valence-corrected chi connectivity index (χ4v) is 2.35. The molecule has 2 rings (SSSR count). The lowest BCUT2D eigenvalue weighted by Gasteiger charge is -2.24. The maximum Gasteiger partial charge on any atom is 0.0827 e. The molecule has 78 valence electrons. The van der Waals surface area contributed by atoms with Gasteiger partial charge in [0.15, 0.2) is 0 Å². The number of fused-ring (bicyclic) bond motifs is 1. The summed E-state index contributed by atoms with van der Waals surface area (Å²) in [6, 6.07) is 0. The van der Waals surface area contributed by atoms with Crippen molar-refractivity contribution in [3.8, 4) is 0 Å². The van der Waals surface area contributed by atoms with Gasteiger partial charge in [0.1, 0.15) is 0 Å². The van der Waals surface area contributed by atoms with E-state index in [-0.39, 0.29) is 6.10 Å². The predicted molar refractivity (Wildman–Crippen MR) is 56.0 cm³/mol. The lowest BCUT2D eigenvalue weighted by molar-refractivity contribution is 0.0567. The number of aliphatic hydroxyl groups is 1. The summed E-state index contributed by atoms with van der Waals surface area (Å²) < 4.78 is 5.64. The highest BCUT2D eigenvalue weighted by molar-refractivity contribution is 5.21. The number of ether oxygens (including phenoxy) is 1. The van der Waals surface area contributed by atoms with Gasteiger partial charge < -0.3 is 9.84 Å². The van der Waals surface area contributed by atoms with Gasteiger partial charge in [-0.15, -0.1) is 0 Å². The topological polar surface area (TPSA) is 29.5 Å². The summed E-state index contributed by atoms with van der Waals surface area (Å²) in [6.45, 7) is 10.5. The van der Waals surface area contributed by atoms with Gasteiger partial charge in [-0.05, 0) is 37.3 Å². The van der Waals surface area contributed by atoms with Crippen molar-refractivity contribution in [1.82, 2.24) is 0 Å². The summed E-state index contributed by atoms with van der Waals surface area (Å²) in [5.41, 5.74) is 1.37. The van der Waals surface area contributed by atoms with Crippen LogP contribution in [0.1, 0.15) is 26.2 Å². The normalized spacial score (nSPS) is 43.6. The van der Waals surface area contributed by atoms with E-state index in [4.69, 9.17) is 4.74 Å². The molecule has 1 saturated carbocycles. The SMILES string of the molecule is C=C1CO[C@H]2CCC(C)(O)C(=C)C[C@@H]12. The van der Waals surface area contributed by atoms with Crippen LogP contribution in [0.4, 0.5) is 0 Å². The Bertz CT molecular complexity index is 278. The van der Waals surface area contributed by atoms with Gasteiger partial charge in [0.2, 0.25) is 0 Å². The largest absolute Gasteiger partial charge is 0.386 e. The Labute approximate surface area is 85.3 Å². The average molecular weight is 194 g/mol. The predicted octanol–water partition coefficient (Wildman–Crippen LogP) is 2.05. The lowest BCUT2D eigenvalue weighted by Crippen LogP contribution is -2.25. The first-order valence-electron chi connectivity index (χ1n) is 5.20. The van der Waals surface area contributed by atoms with E-state index in [1.165, 1.54) is 0 Å². The van der Waals surface area contributed by atoms with E-state index in [0.717, 1.165) is 30.4 Å². The van der Waals surface area contributed by atoms with Crippen molar-refractivity contribution in [2.45, 2.75) is 37.9 Å². The van der Waals surface area contributed by atoms with E-state index in [2.05, 4.69) is 13.2 Å². The molecule has 2 aliphatic rings. The quantitative estimate of drug-likeness (QED) is 0.598. The van der Waals surface area contributed by atoms with E-state index in [1.54, 1.807) is 0 Å². The van der Waals surface area contributed by atoms with Crippen molar-refractivity contribution in [3.05, 3.63) is 24.3 Å². The van der Waals surface area contributed by atoms with Crippen LogP contribution in [0.2, 0.25) is 0 Å². The first kappa shape index (κ1) is 9.94. The average Bonchev–Trinajstić information content (AvgIpc) is 2.40. The summed E-state index contributed by atoms with van der Waals surface area (Å²) in [4.78, 5) is 0. The van der Waals surface area contributed by atoms with Gasteiger partial charge in [0, 0.05) is 5.92 Å². The van der Waals surface area contributed by atoms with Crippen LogP contribution in [0.25, 0.3) is 0 Å². The van der Waals surface area contributed by atoms with Gasteiger partial charge in [-0.2, -0.15) is 0 Å². The van der Waals surface area contributed by atoms with Crippen LogP contribution in [0.3, 0.4) is 0 Å². The first-order chi connectivity index (χ1) is 6.50. The highest BCUT2D eigenvalue weighted by atomic mass is 16.5. The highest BCUT2D eigenvalue weighted by Gasteiger charge is 2.39. The van der Waals surface area contributed by atoms with Crippen LogP contribution in [-0.2, 0) is 4.74 Å².